The summed E-state index contributed by atoms with van der Waals surface area (Å²) in [5, 5.41) is 6.59. The zero-order valence-electron chi connectivity index (χ0n) is 11.1. The largest absolute Gasteiger partial charge is 0.353 e. The first-order chi connectivity index (χ1) is 7.50. The lowest BCUT2D eigenvalue weighted by atomic mass is 9.92. The van der Waals surface area contributed by atoms with Gasteiger partial charge in [-0.25, -0.2) is 0 Å². The van der Waals surface area contributed by atoms with Crippen molar-refractivity contribution in [3.63, 3.8) is 0 Å². The summed E-state index contributed by atoms with van der Waals surface area (Å²) < 4.78 is 0. The summed E-state index contributed by atoms with van der Waals surface area (Å²) in [7, 11) is 0. The molecule has 1 saturated heterocycles. The molecule has 2 N–H and O–H groups in total. The summed E-state index contributed by atoms with van der Waals surface area (Å²) in [6, 6.07) is 0.316. The molecule has 0 bridgehead atoms. The minimum atomic E-state index is 0. The molecule has 100 valence electrons. The summed E-state index contributed by atoms with van der Waals surface area (Å²) in [6.07, 6.45) is 3.52. The van der Waals surface area contributed by atoms with Crippen molar-refractivity contribution < 1.29 is 4.79 Å². The minimum Gasteiger partial charge on any atom is -0.353 e. The van der Waals surface area contributed by atoms with Gasteiger partial charge in [-0.15, -0.1) is 12.4 Å². The van der Waals surface area contributed by atoms with Crippen molar-refractivity contribution in [1.29, 1.82) is 0 Å². The van der Waals surface area contributed by atoms with Crippen LogP contribution in [0.4, 0.5) is 0 Å². The summed E-state index contributed by atoms with van der Waals surface area (Å²) in [6.45, 7) is 8.67. The highest BCUT2D eigenvalue weighted by molar-refractivity contribution is 5.85. The lowest BCUT2D eigenvalue weighted by molar-refractivity contribution is -0.124. The quantitative estimate of drug-likeness (QED) is 0.815. The van der Waals surface area contributed by atoms with E-state index in [0.29, 0.717) is 12.0 Å². The maximum absolute atomic E-state index is 11.9. The van der Waals surface area contributed by atoms with Crippen LogP contribution in [-0.2, 0) is 4.79 Å². The van der Waals surface area contributed by atoms with Crippen molar-refractivity contribution in [2.24, 2.45) is 17.3 Å². The van der Waals surface area contributed by atoms with Gasteiger partial charge in [0.1, 0.15) is 0 Å². The van der Waals surface area contributed by atoms with E-state index in [-0.39, 0.29) is 29.6 Å². The maximum Gasteiger partial charge on any atom is 0.223 e. The molecule has 0 spiro atoms. The van der Waals surface area contributed by atoms with E-state index in [4.69, 9.17) is 0 Å². The lowest BCUT2D eigenvalue weighted by Crippen LogP contribution is -2.45. The van der Waals surface area contributed by atoms with Crippen LogP contribution in [0, 0.1) is 17.3 Å². The molecule has 3 atom stereocenters. The van der Waals surface area contributed by atoms with Gasteiger partial charge in [0.25, 0.3) is 0 Å². The molecule has 0 aromatic rings. The number of carbonyl (C=O) groups excluding carboxylic acids is 1. The van der Waals surface area contributed by atoms with E-state index < -0.39 is 0 Å². The SMILES string of the molecule is CC(NC(=O)C1CC1(C)C)C1CCCNC1.Cl. The fourth-order valence-corrected chi connectivity index (χ4v) is 2.66. The molecule has 0 aromatic carbocycles. The molecule has 0 aromatic heterocycles. The summed E-state index contributed by atoms with van der Waals surface area (Å²) >= 11 is 0. The molecule has 1 saturated carbocycles. The molecular formula is C13H25ClN2O. The first-order valence-electron chi connectivity index (χ1n) is 6.52. The van der Waals surface area contributed by atoms with Crippen LogP contribution < -0.4 is 10.6 Å². The van der Waals surface area contributed by atoms with Gasteiger partial charge in [-0.3, -0.25) is 4.79 Å². The minimum absolute atomic E-state index is 0. The van der Waals surface area contributed by atoms with Crippen LogP contribution in [0.3, 0.4) is 0 Å². The summed E-state index contributed by atoms with van der Waals surface area (Å²) in [4.78, 5) is 11.9. The predicted octanol–water partition coefficient (Wildman–Crippen LogP) is 1.96. The number of amides is 1. The molecule has 1 aliphatic carbocycles. The predicted molar refractivity (Wildman–Crippen MR) is 72.3 cm³/mol. The molecule has 1 heterocycles. The summed E-state index contributed by atoms with van der Waals surface area (Å²) in [5.41, 5.74) is 0.245. The van der Waals surface area contributed by atoms with Crippen LogP contribution >= 0.6 is 12.4 Å². The van der Waals surface area contributed by atoms with Gasteiger partial charge < -0.3 is 10.6 Å². The number of carbonyl (C=O) groups is 1. The molecule has 2 rings (SSSR count). The third-order valence-electron chi connectivity index (χ3n) is 4.24. The van der Waals surface area contributed by atoms with E-state index in [9.17, 15) is 4.79 Å². The van der Waals surface area contributed by atoms with Gasteiger partial charge in [0, 0.05) is 12.0 Å². The van der Waals surface area contributed by atoms with Crippen LogP contribution in [0.15, 0.2) is 0 Å². The van der Waals surface area contributed by atoms with Crippen LogP contribution in [0.5, 0.6) is 0 Å². The van der Waals surface area contributed by atoms with Crippen LogP contribution in [0.25, 0.3) is 0 Å². The average Bonchev–Trinajstić information content (AvgIpc) is 2.89. The van der Waals surface area contributed by atoms with Crippen molar-refractivity contribution in [3.8, 4) is 0 Å². The first-order valence-corrected chi connectivity index (χ1v) is 6.52. The zero-order chi connectivity index (χ0) is 11.8. The number of halogens is 1. The van der Waals surface area contributed by atoms with Gasteiger partial charge in [-0.2, -0.15) is 0 Å². The van der Waals surface area contributed by atoms with Crippen molar-refractivity contribution in [3.05, 3.63) is 0 Å². The molecule has 0 radical (unpaired) electrons. The topological polar surface area (TPSA) is 41.1 Å². The lowest BCUT2D eigenvalue weighted by Gasteiger charge is -2.29. The molecule has 2 fully saturated rings. The smallest absolute Gasteiger partial charge is 0.223 e. The highest BCUT2D eigenvalue weighted by atomic mass is 35.5. The Hall–Kier alpha value is -0.280. The third kappa shape index (κ3) is 3.59. The van der Waals surface area contributed by atoms with E-state index >= 15 is 0 Å². The average molecular weight is 261 g/mol. The van der Waals surface area contributed by atoms with Gasteiger partial charge in [0.05, 0.1) is 0 Å². The van der Waals surface area contributed by atoms with Crippen molar-refractivity contribution in [2.75, 3.05) is 13.1 Å². The van der Waals surface area contributed by atoms with Crippen LogP contribution in [-0.4, -0.2) is 25.0 Å². The van der Waals surface area contributed by atoms with E-state index in [1.54, 1.807) is 0 Å². The summed E-state index contributed by atoms with van der Waals surface area (Å²) in [5.74, 6) is 1.13. The fourth-order valence-electron chi connectivity index (χ4n) is 2.66. The second-order valence-electron chi connectivity index (χ2n) is 6.15. The Morgan fingerprint density at radius 2 is 2.12 bits per heavy atom. The van der Waals surface area contributed by atoms with Crippen molar-refractivity contribution in [2.45, 2.75) is 46.1 Å². The number of piperidine rings is 1. The Balaban J connectivity index is 0.00000144. The van der Waals surface area contributed by atoms with Gasteiger partial charge >= 0.3 is 0 Å². The van der Waals surface area contributed by atoms with E-state index in [2.05, 4.69) is 31.4 Å². The third-order valence-corrected chi connectivity index (χ3v) is 4.24. The second-order valence-corrected chi connectivity index (χ2v) is 6.15. The van der Waals surface area contributed by atoms with Crippen LogP contribution in [0.1, 0.15) is 40.0 Å². The standard InChI is InChI=1S/C13H24N2O.ClH/c1-9(10-5-4-6-14-8-10)15-12(16)11-7-13(11,2)3;/h9-11,14H,4-8H2,1-3H3,(H,15,16);1H. The number of hydrogen-bond acceptors (Lipinski definition) is 2. The molecule has 3 unspecified atom stereocenters. The van der Waals surface area contributed by atoms with Crippen LogP contribution in [0.2, 0.25) is 0 Å². The zero-order valence-corrected chi connectivity index (χ0v) is 11.9. The molecule has 1 aliphatic heterocycles. The van der Waals surface area contributed by atoms with E-state index in [1.807, 2.05) is 0 Å². The van der Waals surface area contributed by atoms with E-state index in [1.165, 1.54) is 12.8 Å². The Kier molecular flexibility index (Phi) is 4.85. The van der Waals surface area contributed by atoms with E-state index in [0.717, 1.165) is 19.5 Å². The van der Waals surface area contributed by atoms with Gasteiger partial charge in [0.15, 0.2) is 0 Å². The molecule has 1 amide bonds. The Morgan fingerprint density at radius 3 is 2.59 bits per heavy atom. The molecule has 4 heteroatoms. The Morgan fingerprint density at radius 1 is 1.47 bits per heavy atom. The second kappa shape index (κ2) is 5.57. The first kappa shape index (κ1) is 14.8. The number of hydrogen-bond donors (Lipinski definition) is 2. The number of rotatable bonds is 3. The Bertz CT molecular complexity index is 275. The number of nitrogens with one attached hydrogen (secondary N) is 2. The van der Waals surface area contributed by atoms with Crippen molar-refractivity contribution >= 4 is 18.3 Å². The maximum atomic E-state index is 11.9. The van der Waals surface area contributed by atoms with Crippen molar-refractivity contribution in [1.82, 2.24) is 10.6 Å². The molecule has 3 nitrogen and oxygen atoms in total. The normalized spacial score (nSPS) is 32.2. The fraction of sp³-hybridized carbons (Fsp3) is 0.923. The van der Waals surface area contributed by atoms with Gasteiger partial charge in [0.2, 0.25) is 5.91 Å². The Labute approximate surface area is 111 Å². The highest BCUT2D eigenvalue weighted by Crippen LogP contribution is 2.51. The van der Waals surface area contributed by atoms with Gasteiger partial charge in [-0.05, 0) is 50.6 Å². The highest BCUT2D eigenvalue weighted by Gasteiger charge is 2.50. The molecule has 17 heavy (non-hydrogen) atoms. The monoisotopic (exact) mass is 260 g/mol. The molecular weight excluding hydrogens is 236 g/mol. The molecule has 2 aliphatic rings. The van der Waals surface area contributed by atoms with Gasteiger partial charge in [-0.1, -0.05) is 13.8 Å².